The van der Waals surface area contributed by atoms with E-state index in [1.54, 1.807) is 6.07 Å². The van der Waals surface area contributed by atoms with Crippen LogP contribution in [0.25, 0.3) is 0 Å². The maximum atomic E-state index is 13.1. The Kier molecular flexibility index (Phi) is 4.49. The number of benzene rings is 2. The number of phenolic OH excluding ortho intramolecular Hbond substituents is 1. The molecular weight excluding hydrogens is 327 g/mol. The van der Waals surface area contributed by atoms with E-state index in [-0.39, 0.29) is 11.2 Å². The second-order valence-electron chi connectivity index (χ2n) is 8.07. The summed E-state index contributed by atoms with van der Waals surface area (Å²) in [4.78, 5) is 2.47. The SMILES string of the molecule is CN1CC[C@@]2(C)c3cc(O)ccc3C[C@@H]1[C@@H]2NCCc1ccc(F)cc1. The van der Waals surface area contributed by atoms with E-state index in [4.69, 9.17) is 0 Å². The van der Waals surface area contributed by atoms with Gasteiger partial charge in [0.25, 0.3) is 0 Å². The smallest absolute Gasteiger partial charge is 0.123 e. The Morgan fingerprint density at radius 1 is 1.23 bits per heavy atom. The molecular formula is C22H27FN2O. The number of aromatic hydroxyl groups is 1. The second-order valence-corrected chi connectivity index (χ2v) is 8.07. The van der Waals surface area contributed by atoms with Crippen molar-refractivity contribution >= 4 is 0 Å². The molecule has 3 atom stereocenters. The fourth-order valence-corrected chi connectivity index (χ4v) is 4.87. The van der Waals surface area contributed by atoms with Gasteiger partial charge in [-0.3, -0.25) is 0 Å². The van der Waals surface area contributed by atoms with Crippen molar-refractivity contribution in [3.05, 3.63) is 65.0 Å². The number of nitrogens with zero attached hydrogens (tertiary/aromatic N) is 1. The normalized spacial score (nSPS) is 28.0. The summed E-state index contributed by atoms with van der Waals surface area (Å²) in [5.74, 6) is 0.168. The lowest BCUT2D eigenvalue weighted by Gasteiger charge is -2.55. The predicted octanol–water partition coefficient (Wildman–Crippen LogP) is 3.25. The molecule has 1 heterocycles. The molecule has 0 amide bonds. The Balaban J connectivity index is 1.55. The Hall–Kier alpha value is -1.91. The third-order valence-corrected chi connectivity index (χ3v) is 6.45. The molecule has 26 heavy (non-hydrogen) atoms. The molecule has 4 heteroatoms. The number of nitrogens with one attached hydrogen (secondary N) is 1. The van der Waals surface area contributed by atoms with Crippen molar-refractivity contribution in [2.24, 2.45) is 0 Å². The highest BCUT2D eigenvalue weighted by Crippen LogP contribution is 2.45. The number of hydrogen-bond acceptors (Lipinski definition) is 3. The van der Waals surface area contributed by atoms with Gasteiger partial charge in [-0.25, -0.2) is 4.39 Å². The van der Waals surface area contributed by atoms with Crippen LogP contribution in [-0.4, -0.2) is 42.2 Å². The van der Waals surface area contributed by atoms with Crippen molar-refractivity contribution in [3.63, 3.8) is 0 Å². The molecule has 138 valence electrons. The van der Waals surface area contributed by atoms with Gasteiger partial charge in [-0.1, -0.05) is 25.1 Å². The van der Waals surface area contributed by atoms with Crippen LogP contribution in [0, 0.1) is 5.82 Å². The molecule has 0 radical (unpaired) electrons. The van der Waals surface area contributed by atoms with Crippen molar-refractivity contribution in [2.75, 3.05) is 20.1 Å². The van der Waals surface area contributed by atoms with Crippen LogP contribution < -0.4 is 5.32 Å². The fraction of sp³-hybridized carbons (Fsp3) is 0.455. The largest absolute Gasteiger partial charge is 0.508 e. The Labute approximate surface area is 154 Å². The molecule has 0 spiro atoms. The Morgan fingerprint density at radius 3 is 2.77 bits per heavy atom. The minimum atomic E-state index is -0.186. The van der Waals surface area contributed by atoms with Crippen molar-refractivity contribution in [1.29, 1.82) is 0 Å². The van der Waals surface area contributed by atoms with Gasteiger partial charge in [0.2, 0.25) is 0 Å². The molecule has 1 saturated heterocycles. The molecule has 2 aromatic rings. The van der Waals surface area contributed by atoms with Crippen LogP contribution in [0.3, 0.4) is 0 Å². The monoisotopic (exact) mass is 354 g/mol. The number of phenols is 1. The molecule has 0 unspecified atom stereocenters. The van der Waals surface area contributed by atoms with Crippen LogP contribution in [0.4, 0.5) is 4.39 Å². The molecule has 2 N–H and O–H groups in total. The van der Waals surface area contributed by atoms with Gasteiger partial charge in [0.05, 0.1) is 0 Å². The van der Waals surface area contributed by atoms with Crippen molar-refractivity contribution < 1.29 is 9.50 Å². The molecule has 0 saturated carbocycles. The molecule has 2 aromatic carbocycles. The van der Waals surface area contributed by atoms with E-state index in [9.17, 15) is 9.50 Å². The van der Waals surface area contributed by atoms with E-state index in [1.165, 1.54) is 23.3 Å². The molecule has 0 aromatic heterocycles. The van der Waals surface area contributed by atoms with E-state index < -0.39 is 0 Å². The highest BCUT2D eigenvalue weighted by atomic mass is 19.1. The zero-order valence-electron chi connectivity index (χ0n) is 15.5. The van der Waals surface area contributed by atoms with Gasteiger partial charge in [0, 0.05) is 17.5 Å². The zero-order valence-corrected chi connectivity index (χ0v) is 15.5. The summed E-state index contributed by atoms with van der Waals surface area (Å²) >= 11 is 0. The molecule has 1 aliphatic carbocycles. The summed E-state index contributed by atoms with van der Waals surface area (Å²) in [6.07, 6.45) is 2.97. The lowest BCUT2D eigenvalue weighted by molar-refractivity contribution is 0.0663. The molecule has 1 fully saturated rings. The van der Waals surface area contributed by atoms with Crippen molar-refractivity contribution in [3.8, 4) is 5.75 Å². The number of piperidine rings is 1. The number of halogens is 1. The Morgan fingerprint density at radius 2 is 2.00 bits per heavy atom. The number of fused-ring (bicyclic) bond motifs is 4. The minimum Gasteiger partial charge on any atom is -0.508 e. The molecule has 4 rings (SSSR count). The third kappa shape index (κ3) is 3.01. The van der Waals surface area contributed by atoms with Gasteiger partial charge in [-0.2, -0.15) is 0 Å². The topological polar surface area (TPSA) is 35.5 Å². The first-order valence-electron chi connectivity index (χ1n) is 9.48. The summed E-state index contributed by atoms with van der Waals surface area (Å²) < 4.78 is 13.1. The number of likely N-dealkylation sites (N-methyl/N-ethyl adjacent to an activating group) is 1. The van der Waals surface area contributed by atoms with Crippen LogP contribution in [0.5, 0.6) is 5.75 Å². The van der Waals surface area contributed by atoms with Crippen molar-refractivity contribution in [1.82, 2.24) is 10.2 Å². The van der Waals surface area contributed by atoms with Gasteiger partial charge in [-0.05, 0) is 80.4 Å². The second kappa shape index (κ2) is 6.67. The molecule has 1 aliphatic heterocycles. The predicted molar refractivity (Wildman–Crippen MR) is 102 cm³/mol. The lowest BCUT2D eigenvalue weighted by atomic mass is 9.61. The standard InChI is InChI=1S/C22H27FN2O/c1-22-10-12-25(2)20(13-16-5-8-18(26)14-19(16)22)21(22)24-11-9-15-3-6-17(23)7-4-15/h3-8,14,20-21,24,26H,9-13H2,1-2H3/t20-,21+,22+/m1/s1. The summed E-state index contributed by atoms with van der Waals surface area (Å²) in [5, 5.41) is 13.8. The highest BCUT2D eigenvalue weighted by molar-refractivity contribution is 5.45. The summed E-state index contributed by atoms with van der Waals surface area (Å²) in [5.41, 5.74) is 3.82. The summed E-state index contributed by atoms with van der Waals surface area (Å²) in [7, 11) is 2.21. The van der Waals surface area contributed by atoms with Crippen LogP contribution >= 0.6 is 0 Å². The quantitative estimate of drug-likeness (QED) is 0.885. The summed E-state index contributed by atoms with van der Waals surface area (Å²) in [6.45, 7) is 4.27. The lowest BCUT2D eigenvalue weighted by Crippen LogP contribution is -2.66. The Bertz CT molecular complexity index is 791. The summed E-state index contributed by atoms with van der Waals surface area (Å²) in [6, 6.07) is 13.4. The van der Waals surface area contributed by atoms with E-state index in [0.717, 1.165) is 37.9 Å². The van der Waals surface area contributed by atoms with Gasteiger partial charge in [0.15, 0.2) is 0 Å². The van der Waals surface area contributed by atoms with E-state index in [0.29, 0.717) is 17.8 Å². The highest BCUT2D eigenvalue weighted by Gasteiger charge is 2.49. The van der Waals surface area contributed by atoms with Crippen LogP contribution in [0.2, 0.25) is 0 Å². The number of hydrogen-bond donors (Lipinski definition) is 2. The van der Waals surface area contributed by atoms with Crippen LogP contribution in [-0.2, 0) is 18.3 Å². The number of likely N-dealkylation sites (tertiary alicyclic amines) is 1. The first kappa shape index (κ1) is 17.5. The van der Waals surface area contributed by atoms with Gasteiger partial charge < -0.3 is 15.3 Å². The first-order valence-corrected chi connectivity index (χ1v) is 9.48. The fourth-order valence-electron chi connectivity index (χ4n) is 4.87. The van der Waals surface area contributed by atoms with Gasteiger partial charge in [-0.15, -0.1) is 0 Å². The van der Waals surface area contributed by atoms with Crippen LogP contribution in [0.15, 0.2) is 42.5 Å². The number of rotatable bonds is 4. The zero-order chi connectivity index (χ0) is 18.3. The minimum absolute atomic E-state index is 0.0201. The first-order chi connectivity index (χ1) is 12.5. The maximum Gasteiger partial charge on any atom is 0.123 e. The molecule has 2 bridgehead atoms. The van der Waals surface area contributed by atoms with E-state index in [1.807, 2.05) is 18.2 Å². The molecule has 2 aliphatic rings. The third-order valence-electron chi connectivity index (χ3n) is 6.45. The van der Waals surface area contributed by atoms with Crippen molar-refractivity contribution in [2.45, 2.75) is 43.7 Å². The van der Waals surface area contributed by atoms with E-state index >= 15 is 0 Å². The van der Waals surface area contributed by atoms with E-state index in [2.05, 4.69) is 30.3 Å². The van der Waals surface area contributed by atoms with Gasteiger partial charge >= 0.3 is 0 Å². The maximum absolute atomic E-state index is 13.1. The van der Waals surface area contributed by atoms with Crippen LogP contribution in [0.1, 0.15) is 30.0 Å². The average Bonchev–Trinajstić information content (AvgIpc) is 2.62. The average molecular weight is 354 g/mol. The molecule has 3 nitrogen and oxygen atoms in total. The van der Waals surface area contributed by atoms with Gasteiger partial charge in [0.1, 0.15) is 11.6 Å².